The van der Waals surface area contributed by atoms with Gasteiger partial charge < -0.3 is 5.32 Å². The largest absolute Gasteiger partial charge is 0.373 e. The highest BCUT2D eigenvalue weighted by atomic mass is 16.6. The SMILES string of the molecule is C[C@H](Nc1cc(C#N)c(C#N)cc1[N+](=O)[O-])c1ccccc1. The lowest BCUT2D eigenvalue weighted by Crippen LogP contribution is -2.09. The van der Waals surface area contributed by atoms with Crippen molar-refractivity contribution in [1.82, 2.24) is 0 Å². The molecular formula is C16H12N4O2. The van der Waals surface area contributed by atoms with Crippen molar-refractivity contribution in [3.05, 3.63) is 69.3 Å². The fourth-order valence-corrected chi connectivity index (χ4v) is 2.10. The molecule has 0 bridgehead atoms. The van der Waals surface area contributed by atoms with E-state index < -0.39 is 4.92 Å². The number of nitro benzene ring substituents is 1. The van der Waals surface area contributed by atoms with Gasteiger partial charge in [0.15, 0.2) is 0 Å². The van der Waals surface area contributed by atoms with Crippen molar-refractivity contribution < 1.29 is 4.92 Å². The normalized spacial score (nSPS) is 11.0. The Balaban J connectivity index is 2.44. The van der Waals surface area contributed by atoms with Gasteiger partial charge in [0.2, 0.25) is 0 Å². The van der Waals surface area contributed by atoms with Crippen molar-refractivity contribution >= 4 is 11.4 Å². The molecule has 0 aliphatic heterocycles. The van der Waals surface area contributed by atoms with E-state index in [1.165, 1.54) is 6.07 Å². The first kappa shape index (κ1) is 15.0. The number of nitriles is 2. The highest BCUT2D eigenvalue weighted by molar-refractivity contribution is 5.69. The molecule has 0 heterocycles. The molecule has 1 N–H and O–H groups in total. The average Bonchev–Trinajstić information content (AvgIpc) is 2.54. The second-order valence-corrected chi connectivity index (χ2v) is 4.67. The Kier molecular flexibility index (Phi) is 4.36. The predicted molar refractivity (Wildman–Crippen MR) is 81.0 cm³/mol. The van der Waals surface area contributed by atoms with Gasteiger partial charge in [-0.3, -0.25) is 10.1 Å². The van der Waals surface area contributed by atoms with Crippen molar-refractivity contribution in [1.29, 1.82) is 10.5 Å². The molecule has 0 aliphatic carbocycles. The number of nitro groups is 1. The molecular weight excluding hydrogens is 280 g/mol. The van der Waals surface area contributed by atoms with Crippen LogP contribution in [0.1, 0.15) is 29.7 Å². The lowest BCUT2D eigenvalue weighted by molar-refractivity contribution is -0.384. The Morgan fingerprint density at radius 3 is 2.27 bits per heavy atom. The third-order valence-corrected chi connectivity index (χ3v) is 3.25. The molecule has 0 aromatic heterocycles. The second-order valence-electron chi connectivity index (χ2n) is 4.67. The minimum Gasteiger partial charge on any atom is -0.373 e. The molecule has 2 aromatic rings. The monoisotopic (exact) mass is 292 g/mol. The summed E-state index contributed by atoms with van der Waals surface area (Å²) in [6, 6.07) is 15.4. The van der Waals surface area contributed by atoms with Crippen LogP contribution in [0.15, 0.2) is 42.5 Å². The zero-order valence-electron chi connectivity index (χ0n) is 11.8. The molecule has 6 heteroatoms. The summed E-state index contributed by atoms with van der Waals surface area (Å²) >= 11 is 0. The summed E-state index contributed by atoms with van der Waals surface area (Å²) in [6.45, 7) is 1.86. The highest BCUT2D eigenvalue weighted by Crippen LogP contribution is 2.31. The van der Waals surface area contributed by atoms with Crippen LogP contribution >= 0.6 is 0 Å². The highest BCUT2D eigenvalue weighted by Gasteiger charge is 2.20. The molecule has 2 rings (SSSR count). The summed E-state index contributed by atoms with van der Waals surface area (Å²) in [5, 5.41) is 32.2. The van der Waals surface area contributed by atoms with E-state index >= 15 is 0 Å². The van der Waals surface area contributed by atoms with E-state index in [2.05, 4.69) is 5.32 Å². The lowest BCUT2D eigenvalue weighted by Gasteiger charge is -2.16. The number of nitrogens with one attached hydrogen (secondary N) is 1. The van der Waals surface area contributed by atoms with Crippen LogP contribution in [0.3, 0.4) is 0 Å². The summed E-state index contributed by atoms with van der Waals surface area (Å²) in [4.78, 5) is 10.6. The maximum atomic E-state index is 11.2. The molecule has 0 fully saturated rings. The van der Waals surface area contributed by atoms with E-state index in [0.29, 0.717) is 0 Å². The summed E-state index contributed by atoms with van der Waals surface area (Å²) in [6.07, 6.45) is 0. The Morgan fingerprint density at radius 2 is 1.73 bits per heavy atom. The van der Waals surface area contributed by atoms with Crippen LogP contribution in [0.25, 0.3) is 0 Å². The summed E-state index contributed by atoms with van der Waals surface area (Å²) in [7, 11) is 0. The molecule has 1 atom stereocenters. The van der Waals surface area contributed by atoms with E-state index in [-0.39, 0.29) is 28.5 Å². The van der Waals surface area contributed by atoms with Crippen molar-refractivity contribution in [2.45, 2.75) is 13.0 Å². The van der Waals surface area contributed by atoms with E-state index in [1.54, 1.807) is 6.07 Å². The first-order valence-electron chi connectivity index (χ1n) is 6.51. The summed E-state index contributed by atoms with van der Waals surface area (Å²) in [5.41, 5.74) is 1.05. The van der Waals surface area contributed by atoms with Gasteiger partial charge in [0.25, 0.3) is 5.69 Å². The number of nitrogens with zero attached hydrogens (tertiary/aromatic N) is 3. The minimum atomic E-state index is -0.567. The molecule has 0 aliphatic rings. The van der Waals surface area contributed by atoms with E-state index in [0.717, 1.165) is 11.6 Å². The topological polar surface area (TPSA) is 103 Å². The van der Waals surface area contributed by atoms with Gasteiger partial charge in [-0.15, -0.1) is 0 Å². The molecule has 0 unspecified atom stereocenters. The maximum Gasteiger partial charge on any atom is 0.293 e. The molecule has 2 aromatic carbocycles. The van der Waals surface area contributed by atoms with Crippen LogP contribution in [0, 0.1) is 32.8 Å². The quantitative estimate of drug-likeness (QED) is 0.686. The van der Waals surface area contributed by atoms with Crippen LogP contribution in [-0.2, 0) is 0 Å². The Morgan fingerprint density at radius 1 is 1.14 bits per heavy atom. The minimum absolute atomic E-state index is 0.00730. The van der Waals surface area contributed by atoms with Gasteiger partial charge in [0, 0.05) is 12.1 Å². The zero-order valence-corrected chi connectivity index (χ0v) is 11.8. The molecule has 108 valence electrons. The van der Waals surface area contributed by atoms with Crippen LogP contribution in [0.5, 0.6) is 0 Å². The Labute approximate surface area is 127 Å². The van der Waals surface area contributed by atoms with Crippen molar-refractivity contribution in [3.8, 4) is 12.1 Å². The van der Waals surface area contributed by atoms with Gasteiger partial charge >= 0.3 is 0 Å². The van der Waals surface area contributed by atoms with Gasteiger partial charge in [-0.2, -0.15) is 10.5 Å². The van der Waals surface area contributed by atoms with E-state index in [9.17, 15) is 10.1 Å². The second kappa shape index (κ2) is 6.38. The molecule has 22 heavy (non-hydrogen) atoms. The zero-order chi connectivity index (χ0) is 16.1. The van der Waals surface area contributed by atoms with Crippen LogP contribution in [0.2, 0.25) is 0 Å². The fraction of sp³-hybridized carbons (Fsp3) is 0.125. The average molecular weight is 292 g/mol. The maximum absolute atomic E-state index is 11.2. The van der Waals surface area contributed by atoms with Gasteiger partial charge in [-0.05, 0) is 18.6 Å². The van der Waals surface area contributed by atoms with Crippen LogP contribution in [-0.4, -0.2) is 4.92 Å². The summed E-state index contributed by atoms with van der Waals surface area (Å²) in [5.74, 6) is 0. The third-order valence-electron chi connectivity index (χ3n) is 3.25. The van der Waals surface area contributed by atoms with Gasteiger partial charge in [-0.1, -0.05) is 30.3 Å². The van der Waals surface area contributed by atoms with Crippen molar-refractivity contribution in [3.63, 3.8) is 0 Å². The van der Waals surface area contributed by atoms with Gasteiger partial charge in [-0.25, -0.2) is 0 Å². The molecule has 0 saturated carbocycles. The van der Waals surface area contributed by atoms with Crippen LogP contribution in [0.4, 0.5) is 11.4 Å². The van der Waals surface area contributed by atoms with E-state index in [4.69, 9.17) is 10.5 Å². The predicted octanol–water partition coefficient (Wildman–Crippen LogP) is 3.51. The Hall–Kier alpha value is -3.38. The number of benzene rings is 2. The fourth-order valence-electron chi connectivity index (χ4n) is 2.10. The van der Waals surface area contributed by atoms with E-state index in [1.807, 2.05) is 43.3 Å². The van der Waals surface area contributed by atoms with Gasteiger partial charge in [0.05, 0.1) is 16.1 Å². The Bertz CT molecular complexity index is 788. The smallest absolute Gasteiger partial charge is 0.293 e. The first-order chi connectivity index (χ1) is 10.6. The summed E-state index contributed by atoms with van der Waals surface area (Å²) < 4.78 is 0. The third kappa shape index (κ3) is 3.02. The molecule has 0 saturated heterocycles. The first-order valence-corrected chi connectivity index (χ1v) is 6.51. The van der Waals surface area contributed by atoms with Gasteiger partial charge in [0.1, 0.15) is 17.8 Å². The number of hydrogen-bond acceptors (Lipinski definition) is 5. The molecule has 0 radical (unpaired) electrons. The van der Waals surface area contributed by atoms with Crippen molar-refractivity contribution in [2.24, 2.45) is 0 Å². The molecule has 6 nitrogen and oxygen atoms in total. The number of hydrogen-bond donors (Lipinski definition) is 1. The molecule has 0 spiro atoms. The molecule has 0 amide bonds. The lowest BCUT2D eigenvalue weighted by atomic mass is 10.0. The standard InChI is InChI=1S/C16H12N4O2/c1-11(12-5-3-2-4-6-12)19-15-7-13(9-17)14(10-18)8-16(15)20(21)22/h2-8,11,19H,1H3/t11-/m0/s1. The van der Waals surface area contributed by atoms with Crippen LogP contribution < -0.4 is 5.32 Å². The van der Waals surface area contributed by atoms with Crippen molar-refractivity contribution in [2.75, 3.05) is 5.32 Å². The number of anilines is 1. The number of rotatable bonds is 4.